The maximum atomic E-state index is 12.1. The normalized spacial score (nSPS) is 10.5. The van der Waals surface area contributed by atoms with E-state index in [9.17, 15) is 9.59 Å². The average Bonchev–Trinajstić information content (AvgIpc) is 2.59. The topological polar surface area (TPSA) is 64.6 Å². The van der Waals surface area contributed by atoms with Gasteiger partial charge in [0.15, 0.2) is 17.3 Å². The minimum Gasteiger partial charge on any atom is -0.493 e. The second kappa shape index (κ2) is 7.97. The first-order valence-electron chi connectivity index (χ1n) is 7.36. The fourth-order valence-electron chi connectivity index (χ4n) is 2.21. The van der Waals surface area contributed by atoms with Gasteiger partial charge in [0, 0.05) is 22.9 Å². The summed E-state index contributed by atoms with van der Waals surface area (Å²) in [4.78, 5) is 23.4. The molecule has 0 aliphatic carbocycles. The lowest BCUT2D eigenvalue weighted by Crippen LogP contribution is -2.08. The van der Waals surface area contributed by atoms with Crippen LogP contribution in [0.4, 0.5) is 5.69 Å². The van der Waals surface area contributed by atoms with Crippen LogP contribution in [0.1, 0.15) is 22.8 Å². The van der Waals surface area contributed by atoms with Crippen LogP contribution in [0.15, 0.2) is 48.5 Å². The molecule has 5 nitrogen and oxygen atoms in total. The number of carbonyl (C=O) groups excluding carboxylic acids is 2. The highest BCUT2D eigenvalue weighted by Gasteiger charge is 2.07. The molecule has 24 heavy (non-hydrogen) atoms. The van der Waals surface area contributed by atoms with E-state index in [-0.39, 0.29) is 11.7 Å². The van der Waals surface area contributed by atoms with Crippen LogP contribution in [0.2, 0.25) is 0 Å². The van der Waals surface area contributed by atoms with E-state index in [1.165, 1.54) is 13.0 Å². The van der Waals surface area contributed by atoms with Crippen LogP contribution >= 0.6 is 0 Å². The number of para-hydroxylation sites is 1. The second-order valence-electron chi connectivity index (χ2n) is 5.04. The molecule has 1 N–H and O–H groups in total. The van der Waals surface area contributed by atoms with Crippen molar-refractivity contribution in [1.82, 2.24) is 0 Å². The van der Waals surface area contributed by atoms with Gasteiger partial charge in [-0.1, -0.05) is 24.3 Å². The molecule has 1 amide bonds. The molecule has 0 aromatic heterocycles. The van der Waals surface area contributed by atoms with Crippen LogP contribution in [-0.2, 0) is 4.79 Å². The Hall–Kier alpha value is -3.08. The largest absolute Gasteiger partial charge is 0.493 e. The SMILES string of the molecule is COc1cccc(C=CC(=O)Nc2cccc(C(C)=O)c2)c1OC. The summed E-state index contributed by atoms with van der Waals surface area (Å²) in [6.07, 6.45) is 3.04. The second-order valence-corrected chi connectivity index (χ2v) is 5.04. The number of rotatable bonds is 6. The molecule has 0 saturated carbocycles. The van der Waals surface area contributed by atoms with E-state index >= 15 is 0 Å². The third kappa shape index (κ3) is 4.23. The maximum Gasteiger partial charge on any atom is 0.248 e. The van der Waals surface area contributed by atoms with Crippen molar-refractivity contribution in [3.8, 4) is 11.5 Å². The van der Waals surface area contributed by atoms with Gasteiger partial charge in [-0.05, 0) is 31.2 Å². The zero-order valence-corrected chi connectivity index (χ0v) is 13.8. The van der Waals surface area contributed by atoms with E-state index < -0.39 is 0 Å². The number of ketones is 1. The van der Waals surface area contributed by atoms with Crippen molar-refractivity contribution in [3.05, 3.63) is 59.7 Å². The van der Waals surface area contributed by atoms with E-state index in [1.807, 2.05) is 12.1 Å². The minimum atomic E-state index is -0.305. The molecule has 0 saturated heterocycles. The van der Waals surface area contributed by atoms with E-state index in [2.05, 4.69) is 5.32 Å². The van der Waals surface area contributed by atoms with Crippen LogP contribution < -0.4 is 14.8 Å². The van der Waals surface area contributed by atoms with Crippen molar-refractivity contribution in [2.24, 2.45) is 0 Å². The van der Waals surface area contributed by atoms with Gasteiger partial charge in [-0.15, -0.1) is 0 Å². The van der Waals surface area contributed by atoms with Crippen molar-refractivity contribution in [2.45, 2.75) is 6.92 Å². The number of Topliss-reactive ketones (excluding diaryl/α,β-unsaturated/α-hetero) is 1. The predicted octanol–water partition coefficient (Wildman–Crippen LogP) is 3.56. The number of hydrogen-bond acceptors (Lipinski definition) is 4. The van der Waals surface area contributed by atoms with Crippen molar-refractivity contribution < 1.29 is 19.1 Å². The summed E-state index contributed by atoms with van der Waals surface area (Å²) in [5.74, 6) is 0.792. The van der Waals surface area contributed by atoms with Gasteiger partial charge in [0.1, 0.15) is 0 Å². The van der Waals surface area contributed by atoms with E-state index in [0.29, 0.717) is 22.7 Å². The molecule has 0 unspecified atom stereocenters. The average molecular weight is 325 g/mol. The molecular weight excluding hydrogens is 306 g/mol. The Morgan fingerprint density at radius 2 is 1.79 bits per heavy atom. The minimum absolute atomic E-state index is 0.0530. The monoisotopic (exact) mass is 325 g/mol. The first-order chi connectivity index (χ1) is 11.5. The van der Waals surface area contributed by atoms with Crippen LogP contribution in [0.25, 0.3) is 6.08 Å². The predicted molar refractivity (Wildman–Crippen MR) is 93.7 cm³/mol. The summed E-state index contributed by atoms with van der Waals surface area (Å²) in [7, 11) is 3.10. The molecule has 2 rings (SSSR count). The van der Waals surface area contributed by atoms with Crippen molar-refractivity contribution in [2.75, 3.05) is 19.5 Å². The van der Waals surface area contributed by atoms with Gasteiger partial charge >= 0.3 is 0 Å². The number of benzene rings is 2. The number of methoxy groups -OCH3 is 2. The Bertz CT molecular complexity index is 781. The van der Waals surface area contributed by atoms with Crippen LogP contribution in [0, 0.1) is 0 Å². The van der Waals surface area contributed by atoms with Gasteiger partial charge in [-0.25, -0.2) is 0 Å². The molecule has 0 heterocycles. The van der Waals surface area contributed by atoms with Gasteiger partial charge in [0.05, 0.1) is 14.2 Å². The summed E-state index contributed by atoms with van der Waals surface area (Å²) >= 11 is 0. The molecule has 0 fully saturated rings. The Morgan fingerprint density at radius 3 is 2.46 bits per heavy atom. The lowest BCUT2D eigenvalue weighted by Gasteiger charge is -2.09. The molecule has 0 aliphatic rings. The number of carbonyl (C=O) groups is 2. The molecule has 0 aliphatic heterocycles. The molecule has 0 spiro atoms. The fraction of sp³-hybridized carbons (Fsp3) is 0.158. The number of ether oxygens (including phenoxy) is 2. The standard InChI is InChI=1S/C19H19NO4/c1-13(21)15-7-4-8-16(12-15)20-18(22)11-10-14-6-5-9-17(23-2)19(14)24-3/h4-12H,1-3H3,(H,20,22). The fourth-order valence-corrected chi connectivity index (χ4v) is 2.21. The smallest absolute Gasteiger partial charge is 0.248 e. The molecule has 0 bridgehead atoms. The van der Waals surface area contributed by atoms with Gasteiger partial charge in [0.2, 0.25) is 5.91 Å². The summed E-state index contributed by atoms with van der Waals surface area (Å²) in [6, 6.07) is 12.2. The van der Waals surface area contributed by atoms with Crippen molar-refractivity contribution in [3.63, 3.8) is 0 Å². The zero-order valence-electron chi connectivity index (χ0n) is 13.8. The van der Waals surface area contributed by atoms with E-state index in [4.69, 9.17) is 9.47 Å². The first-order valence-corrected chi connectivity index (χ1v) is 7.36. The third-order valence-corrected chi connectivity index (χ3v) is 3.38. The summed E-state index contributed by atoms with van der Waals surface area (Å²) < 4.78 is 10.5. The Balaban J connectivity index is 2.14. The molecule has 2 aromatic rings. The van der Waals surface area contributed by atoms with Crippen LogP contribution in [-0.4, -0.2) is 25.9 Å². The van der Waals surface area contributed by atoms with Crippen LogP contribution in [0.5, 0.6) is 11.5 Å². The van der Waals surface area contributed by atoms with Gasteiger partial charge in [-0.2, -0.15) is 0 Å². The summed E-state index contributed by atoms with van der Waals surface area (Å²) in [5.41, 5.74) is 1.84. The molecule has 0 atom stereocenters. The van der Waals surface area contributed by atoms with Gasteiger partial charge in [0.25, 0.3) is 0 Å². The Morgan fingerprint density at radius 1 is 1.04 bits per heavy atom. The number of nitrogens with one attached hydrogen (secondary N) is 1. The summed E-state index contributed by atoms with van der Waals surface area (Å²) in [5, 5.41) is 2.72. The highest BCUT2D eigenvalue weighted by atomic mass is 16.5. The van der Waals surface area contributed by atoms with Gasteiger partial charge in [-0.3, -0.25) is 9.59 Å². The summed E-state index contributed by atoms with van der Waals surface area (Å²) in [6.45, 7) is 1.48. The Kier molecular flexibility index (Phi) is 5.73. The lowest BCUT2D eigenvalue weighted by atomic mass is 10.1. The van der Waals surface area contributed by atoms with Crippen molar-refractivity contribution >= 4 is 23.5 Å². The number of amides is 1. The highest BCUT2D eigenvalue weighted by molar-refractivity contribution is 6.03. The number of hydrogen-bond donors (Lipinski definition) is 1. The van der Waals surface area contributed by atoms with Crippen LogP contribution in [0.3, 0.4) is 0 Å². The Labute approximate surface area is 140 Å². The third-order valence-electron chi connectivity index (χ3n) is 3.38. The number of anilines is 1. The van der Waals surface area contributed by atoms with Crippen molar-refractivity contribution in [1.29, 1.82) is 0 Å². The van der Waals surface area contributed by atoms with Gasteiger partial charge < -0.3 is 14.8 Å². The molecule has 5 heteroatoms. The first kappa shape index (κ1) is 17.3. The molecule has 0 radical (unpaired) electrons. The highest BCUT2D eigenvalue weighted by Crippen LogP contribution is 2.31. The molecular formula is C19H19NO4. The lowest BCUT2D eigenvalue weighted by molar-refractivity contribution is -0.111. The molecule has 2 aromatic carbocycles. The quantitative estimate of drug-likeness (QED) is 0.651. The maximum absolute atomic E-state index is 12.1. The van der Waals surface area contributed by atoms with E-state index in [1.54, 1.807) is 50.6 Å². The van der Waals surface area contributed by atoms with E-state index in [0.717, 1.165) is 5.56 Å². The zero-order chi connectivity index (χ0) is 17.5. The molecule has 124 valence electrons.